The molecular formula is C10H6FO2. The summed E-state index contributed by atoms with van der Waals surface area (Å²) in [5.41, 5.74) is 0.695. The summed E-state index contributed by atoms with van der Waals surface area (Å²) in [4.78, 5) is 11.0. The molecule has 1 atom stereocenters. The molecule has 0 saturated carbocycles. The number of halogens is 1. The van der Waals surface area contributed by atoms with Gasteiger partial charge in [0.25, 0.3) is 0 Å². The lowest BCUT2D eigenvalue weighted by Gasteiger charge is -2.03. The second-order valence-electron chi connectivity index (χ2n) is 2.71. The van der Waals surface area contributed by atoms with E-state index >= 15 is 0 Å². The van der Waals surface area contributed by atoms with Gasteiger partial charge in [-0.15, -0.1) is 0 Å². The van der Waals surface area contributed by atoms with Crippen molar-refractivity contribution in [3.05, 3.63) is 48.0 Å². The first-order valence-corrected chi connectivity index (χ1v) is 3.81. The second-order valence-corrected chi connectivity index (χ2v) is 2.71. The van der Waals surface area contributed by atoms with Crippen molar-refractivity contribution in [2.75, 3.05) is 0 Å². The maximum absolute atomic E-state index is 12.5. The van der Waals surface area contributed by atoms with Crippen LogP contribution in [0.5, 0.6) is 0 Å². The van der Waals surface area contributed by atoms with Gasteiger partial charge in [-0.3, -0.25) is 4.79 Å². The van der Waals surface area contributed by atoms with E-state index < -0.39 is 5.92 Å². The van der Waals surface area contributed by atoms with Crippen LogP contribution in [0.4, 0.5) is 4.39 Å². The van der Waals surface area contributed by atoms with Crippen LogP contribution >= 0.6 is 0 Å². The predicted octanol–water partition coefficient (Wildman–Crippen LogP) is 1.78. The van der Waals surface area contributed by atoms with Crippen LogP contribution in [0.15, 0.2) is 30.5 Å². The number of rotatable bonds is 1. The molecule has 1 aliphatic rings. The predicted molar refractivity (Wildman–Crippen MR) is 43.0 cm³/mol. The molecule has 0 N–H and O–H groups in total. The van der Waals surface area contributed by atoms with Gasteiger partial charge in [-0.25, -0.2) is 4.39 Å². The van der Waals surface area contributed by atoms with Gasteiger partial charge in [0.05, 0.1) is 6.26 Å². The molecule has 0 spiro atoms. The van der Waals surface area contributed by atoms with Gasteiger partial charge < -0.3 is 4.74 Å². The van der Waals surface area contributed by atoms with E-state index in [1.165, 1.54) is 18.4 Å². The SMILES string of the molecule is O=C1OC=[C]C1c1ccc(F)cc1. The van der Waals surface area contributed by atoms with Crippen LogP contribution in [0, 0.1) is 11.9 Å². The lowest BCUT2D eigenvalue weighted by molar-refractivity contribution is -0.136. The number of hydrogen-bond donors (Lipinski definition) is 0. The third-order valence-corrected chi connectivity index (χ3v) is 1.85. The van der Waals surface area contributed by atoms with Crippen molar-refractivity contribution in [1.29, 1.82) is 0 Å². The van der Waals surface area contributed by atoms with Gasteiger partial charge in [0.2, 0.25) is 0 Å². The number of carbonyl (C=O) groups is 1. The molecule has 0 amide bonds. The zero-order chi connectivity index (χ0) is 9.26. The van der Waals surface area contributed by atoms with Crippen molar-refractivity contribution in [3.63, 3.8) is 0 Å². The van der Waals surface area contributed by atoms with Gasteiger partial charge in [0.1, 0.15) is 11.7 Å². The average molecular weight is 177 g/mol. The number of ether oxygens (including phenoxy) is 1. The Labute approximate surface area is 74.6 Å². The van der Waals surface area contributed by atoms with Crippen LogP contribution in [-0.4, -0.2) is 5.97 Å². The molecule has 1 aromatic rings. The number of carbonyl (C=O) groups excluding carboxylic acids is 1. The van der Waals surface area contributed by atoms with E-state index in [0.29, 0.717) is 5.56 Å². The van der Waals surface area contributed by atoms with Crippen molar-refractivity contribution in [2.45, 2.75) is 5.92 Å². The molecule has 65 valence electrons. The van der Waals surface area contributed by atoms with Crippen LogP contribution in [-0.2, 0) is 9.53 Å². The highest BCUT2D eigenvalue weighted by molar-refractivity contribution is 5.81. The third-order valence-electron chi connectivity index (χ3n) is 1.85. The van der Waals surface area contributed by atoms with Crippen molar-refractivity contribution >= 4 is 5.97 Å². The maximum Gasteiger partial charge on any atom is 0.322 e. The Morgan fingerprint density at radius 2 is 2.00 bits per heavy atom. The van der Waals surface area contributed by atoms with Gasteiger partial charge in [-0.05, 0) is 17.7 Å². The molecule has 13 heavy (non-hydrogen) atoms. The van der Waals surface area contributed by atoms with E-state index in [2.05, 4.69) is 10.8 Å². The molecule has 0 aliphatic carbocycles. The van der Waals surface area contributed by atoms with Crippen LogP contribution in [0.25, 0.3) is 0 Å². The number of cyclic esters (lactones) is 1. The van der Waals surface area contributed by atoms with E-state index in [9.17, 15) is 9.18 Å². The van der Waals surface area contributed by atoms with Crippen molar-refractivity contribution in [3.8, 4) is 0 Å². The summed E-state index contributed by atoms with van der Waals surface area (Å²) in [5, 5.41) is 0. The van der Waals surface area contributed by atoms with Crippen molar-refractivity contribution in [2.24, 2.45) is 0 Å². The minimum absolute atomic E-state index is 0.320. The third kappa shape index (κ3) is 1.45. The van der Waals surface area contributed by atoms with Crippen LogP contribution in [0.2, 0.25) is 0 Å². The maximum atomic E-state index is 12.5. The molecule has 2 nitrogen and oxygen atoms in total. The minimum Gasteiger partial charge on any atom is -0.433 e. The summed E-state index contributed by atoms with van der Waals surface area (Å²) in [6.07, 6.45) is 3.96. The van der Waals surface area contributed by atoms with Crippen LogP contribution in [0.1, 0.15) is 11.5 Å². The van der Waals surface area contributed by atoms with E-state index in [1.807, 2.05) is 0 Å². The van der Waals surface area contributed by atoms with Crippen LogP contribution < -0.4 is 0 Å². The smallest absolute Gasteiger partial charge is 0.322 e. The molecule has 0 saturated heterocycles. The van der Waals surface area contributed by atoms with Gasteiger partial charge in [0.15, 0.2) is 0 Å². The fourth-order valence-electron chi connectivity index (χ4n) is 1.18. The number of hydrogen-bond acceptors (Lipinski definition) is 2. The largest absolute Gasteiger partial charge is 0.433 e. The second kappa shape index (κ2) is 3.01. The Bertz CT molecular complexity index is 354. The molecule has 1 radical (unpaired) electrons. The zero-order valence-corrected chi connectivity index (χ0v) is 6.66. The monoisotopic (exact) mass is 177 g/mol. The Hall–Kier alpha value is -1.64. The lowest BCUT2D eigenvalue weighted by Crippen LogP contribution is -2.06. The molecule has 0 bridgehead atoms. The fraction of sp³-hybridized carbons (Fsp3) is 0.100. The summed E-state index contributed by atoms with van der Waals surface area (Å²) in [5.74, 6) is -1.19. The molecule has 1 unspecified atom stereocenters. The molecule has 0 aromatic heterocycles. The first kappa shape index (κ1) is 7.98. The van der Waals surface area contributed by atoms with E-state index in [4.69, 9.17) is 0 Å². The highest BCUT2D eigenvalue weighted by atomic mass is 19.1. The van der Waals surface area contributed by atoms with E-state index in [0.717, 1.165) is 0 Å². The summed E-state index contributed by atoms with van der Waals surface area (Å²) < 4.78 is 17.1. The molecule has 1 aromatic carbocycles. The highest BCUT2D eigenvalue weighted by Gasteiger charge is 2.23. The molecular weight excluding hydrogens is 171 g/mol. The van der Waals surface area contributed by atoms with E-state index in [-0.39, 0.29) is 11.8 Å². The van der Waals surface area contributed by atoms with Gasteiger partial charge in [0, 0.05) is 6.08 Å². The zero-order valence-electron chi connectivity index (χ0n) is 6.66. The first-order chi connectivity index (χ1) is 6.27. The highest BCUT2D eigenvalue weighted by Crippen LogP contribution is 2.22. The molecule has 3 heteroatoms. The summed E-state index contributed by atoms with van der Waals surface area (Å²) in [6, 6.07) is 5.71. The Morgan fingerprint density at radius 1 is 1.31 bits per heavy atom. The van der Waals surface area contributed by atoms with Crippen molar-refractivity contribution in [1.82, 2.24) is 0 Å². The van der Waals surface area contributed by atoms with E-state index in [1.54, 1.807) is 12.1 Å². The van der Waals surface area contributed by atoms with Gasteiger partial charge >= 0.3 is 5.97 Å². The van der Waals surface area contributed by atoms with Gasteiger partial charge in [-0.1, -0.05) is 12.1 Å². The minimum atomic E-state index is -0.499. The normalized spacial score (nSPS) is 20.4. The lowest BCUT2D eigenvalue weighted by atomic mass is 10.0. The Kier molecular flexibility index (Phi) is 1.85. The van der Waals surface area contributed by atoms with Crippen molar-refractivity contribution < 1.29 is 13.9 Å². The van der Waals surface area contributed by atoms with Crippen LogP contribution in [0.3, 0.4) is 0 Å². The molecule has 1 heterocycles. The summed E-state index contributed by atoms with van der Waals surface area (Å²) >= 11 is 0. The Balaban J connectivity index is 2.30. The molecule has 1 aliphatic heterocycles. The quantitative estimate of drug-likeness (QED) is 0.611. The number of benzene rings is 1. The number of esters is 1. The topological polar surface area (TPSA) is 26.3 Å². The molecule has 2 rings (SSSR count). The summed E-state index contributed by atoms with van der Waals surface area (Å²) in [6.45, 7) is 0. The average Bonchev–Trinajstić information content (AvgIpc) is 2.53. The fourth-order valence-corrected chi connectivity index (χ4v) is 1.18. The first-order valence-electron chi connectivity index (χ1n) is 3.81. The summed E-state index contributed by atoms with van der Waals surface area (Å²) in [7, 11) is 0. The standard InChI is InChI=1S/C10H6FO2/c11-8-3-1-7(2-4-8)9-5-6-13-10(9)12/h1-4,6,9H. The van der Waals surface area contributed by atoms with Gasteiger partial charge in [-0.2, -0.15) is 0 Å². The molecule has 0 fully saturated rings. The Morgan fingerprint density at radius 3 is 2.54 bits per heavy atom.